The summed E-state index contributed by atoms with van der Waals surface area (Å²) in [7, 11) is 0. The van der Waals surface area contributed by atoms with Gasteiger partial charge >= 0.3 is 0 Å². The summed E-state index contributed by atoms with van der Waals surface area (Å²) >= 11 is 0. The van der Waals surface area contributed by atoms with Crippen molar-refractivity contribution >= 4 is 0 Å². The fraction of sp³-hybridized carbons (Fsp3) is 0.111. The van der Waals surface area contributed by atoms with Gasteiger partial charge in [-0.3, -0.25) is 0 Å². The Hall–Kier alpha value is -2.08. The molecule has 0 spiro atoms. The number of benzene rings is 1. The minimum atomic E-state index is 1.29. The lowest BCUT2D eigenvalue weighted by Gasteiger charge is -1.97. The van der Waals surface area contributed by atoms with Crippen LogP contribution in [0.15, 0.2) is 60.7 Å². The van der Waals surface area contributed by atoms with Crippen LogP contribution in [0.1, 0.15) is 11.1 Å². The maximum atomic E-state index is 2.26. The SMILES string of the molecule is Cc1ccc(-c2cc3ccc(C)ccc-3c2)cc1. The van der Waals surface area contributed by atoms with E-state index in [-0.39, 0.29) is 0 Å². The molecular weight excluding hydrogens is 216 g/mol. The Balaban J connectivity index is 2.12. The van der Waals surface area contributed by atoms with E-state index in [2.05, 4.69) is 74.5 Å². The molecule has 0 amide bonds. The van der Waals surface area contributed by atoms with E-state index in [1.54, 1.807) is 0 Å². The van der Waals surface area contributed by atoms with Gasteiger partial charge in [-0.2, -0.15) is 0 Å². The summed E-state index contributed by atoms with van der Waals surface area (Å²) in [5.41, 5.74) is 7.79. The van der Waals surface area contributed by atoms with Crippen LogP contribution in [0, 0.1) is 13.8 Å². The summed E-state index contributed by atoms with van der Waals surface area (Å²) in [6.45, 7) is 4.24. The Morgan fingerprint density at radius 2 is 0.833 bits per heavy atom. The fourth-order valence-corrected chi connectivity index (χ4v) is 2.24. The molecule has 0 nitrogen and oxygen atoms in total. The highest BCUT2D eigenvalue weighted by molar-refractivity contribution is 5.79. The smallest absolute Gasteiger partial charge is 0.0172 e. The van der Waals surface area contributed by atoms with E-state index in [9.17, 15) is 0 Å². The Labute approximate surface area is 108 Å². The van der Waals surface area contributed by atoms with Gasteiger partial charge in [0.15, 0.2) is 0 Å². The van der Waals surface area contributed by atoms with Crippen LogP contribution in [-0.4, -0.2) is 0 Å². The number of rotatable bonds is 1. The summed E-state index contributed by atoms with van der Waals surface area (Å²) in [6, 6.07) is 22.0. The zero-order valence-electron chi connectivity index (χ0n) is 10.8. The number of aryl methyl sites for hydroxylation is 2. The molecule has 3 rings (SSSR count). The average molecular weight is 232 g/mol. The lowest BCUT2D eigenvalue weighted by atomic mass is 10.1. The van der Waals surface area contributed by atoms with Crippen molar-refractivity contribution in [3.63, 3.8) is 0 Å². The molecule has 0 unspecified atom stereocenters. The Morgan fingerprint density at radius 3 is 1.28 bits per heavy atom. The zero-order chi connectivity index (χ0) is 12.5. The van der Waals surface area contributed by atoms with E-state index < -0.39 is 0 Å². The molecule has 2 aliphatic rings. The Kier molecular flexibility index (Phi) is 2.64. The van der Waals surface area contributed by atoms with Crippen LogP contribution in [0.4, 0.5) is 0 Å². The normalized spacial score (nSPS) is 10.8. The van der Waals surface area contributed by atoms with Crippen molar-refractivity contribution in [3.05, 3.63) is 71.8 Å². The summed E-state index contributed by atoms with van der Waals surface area (Å²) in [5, 5.41) is 0. The van der Waals surface area contributed by atoms with Crippen molar-refractivity contribution in [1.29, 1.82) is 0 Å². The van der Waals surface area contributed by atoms with Gasteiger partial charge < -0.3 is 0 Å². The van der Waals surface area contributed by atoms with Crippen molar-refractivity contribution in [2.24, 2.45) is 0 Å². The van der Waals surface area contributed by atoms with Crippen LogP contribution in [0.3, 0.4) is 0 Å². The molecule has 0 N–H and O–H groups in total. The zero-order valence-corrected chi connectivity index (χ0v) is 10.8. The van der Waals surface area contributed by atoms with Gasteiger partial charge in [-0.1, -0.05) is 59.7 Å². The third-order valence-electron chi connectivity index (χ3n) is 3.39. The van der Waals surface area contributed by atoms with Crippen molar-refractivity contribution in [3.8, 4) is 22.3 Å². The van der Waals surface area contributed by atoms with Crippen LogP contribution in [-0.2, 0) is 0 Å². The first kappa shape index (κ1) is 11.0. The first-order chi connectivity index (χ1) is 8.72. The van der Waals surface area contributed by atoms with Crippen molar-refractivity contribution in [1.82, 2.24) is 0 Å². The number of hydrogen-bond donors (Lipinski definition) is 0. The van der Waals surface area contributed by atoms with Crippen LogP contribution in [0.2, 0.25) is 0 Å². The predicted octanol–water partition coefficient (Wildman–Crippen LogP) is 5.08. The quantitative estimate of drug-likeness (QED) is 0.549. The molecule has 1 aromatic rings. The summed E-state index contributed by atoms with van der Waals surface area (Å²) < 4.78 is 0. The monoisotopic (exact) mass is 232 g/mol. The summed E-state index contributed by atoms with van der Waals surface area (Å²) in [6.07, 6.45) is 0. The fourth-order valence-electron chi connectivity index (χ4n) is 2.24. The Morgan fingerprint density at radius 1 is 0.444 bits per heavy atom. The van der Waals surface area contributed by atoms with Gasteiger partial charge in [-0.25, -0.2) is 0 Å². The Bertz CT molecular complexity index is 614. The molecular formula is C18H16. The van der Waals surface area contributed by atoms with Crippen molar-refractivity contribution in [2.75, 3.05) is 0 Å². The van der Waals surface area contributed by atoms with Gasteiger partial charge in [0.2, 0.25) is 0 Å². The number of hydrogen-bond acceptors (Lipinski definition) is 0. The van der Waals surface area contributed by atoms with Crippen LogP contribution in [0.5, 0.6) is 0 Å². The number of fused-ring (bicyclic) bond motifs is 1. The summed E-state index contributed by atoms with van der Waals surface area (Å²) in [5.74, 6) is 0. The van der Waals surface area contributed by atoms with Gasteiger partial charge in [0, 0.05) is 0 Å². The second-order valence-electron chi connectivity index (χ2n) is 4.93. The molecule has 18 heavy (non-hydrogen) atoms. The average Bonchev–Trinajstić information content (AvgIpc) is 2.70. The van der Waals surface area contributed by atoms with E-state index in [0.717, 1.165) is 0 Å². The molecule has 88 valence electrons. The molecule has 2 aliphatic carbocycles. The molecule has 0 atom stereocenters. The molecule has 0 saturated carbocycles. The molecule has 0 saturated heterocycles. The van der Waals surface area contributed by atoms with Gasteiger partial charge in [0.25, 0.3) is 0 Å². The van der Waals surface area contributed by atoms with E-state index in [0.29, 0.717) is 0 Å². The van der Waals surface area contributed by atoms with E-state index in [1.165, 1.54) is 33.4 Å². The van der Waals surface area contributed by atoms with E-state index in [1.807, 2.05) is 0 Å². The highest BCUT2D eigenvalue weighted by Gasteiger charge is 2.06. The lowest BCUT2D eigenvalue weighted by Crippen LogP contribution is -1.74. The molecule has 0 bridgehead atoms. The molecule has 0 heteroatoms. The van der Waals surface area contributed by atoms with Gasteiger partial charge in [-0.15, -0.1) is 0 Å². The molecule has 0 aromatic heterocycles. The molecule has 0 radical (unpaired) electrons. The topological polar surface area (TPSA) is 0 Å². The standard InChI is InChI=1S/C18H16/c1-13-3-7-15(8-4-13)18-11-16-9-5-14(2)6-10-17(16)12-18/h3-12H,1-2H3. The molecule has 0 fully saturated rings. The van der Waals surface area contributed by atoms with Gasteiger partial charge in [0.05, 0.1) is 0 Å². The highest BCUT2D eigenvalue weighted by Crippen LogP contribution is 2.31. The third-order valence-corrected chi connectivity index (χ3v) is 3.39. The minimum Gasteiger partial charge on any atom is -0.0587 e. The second kappa shape index (κ2) is 4.30. The third kappa shape index (κ3) is 2.02. The maximum absolute atomic E-state index is 2.26. The highest BCUT2D eigenvalue weighted by atomic mass is 14.1. The van der Waals surface area contributed by atoms with E-state index in [4.69, 9.17) is 0 Å². The molecule has 0 heterocycles. The van der Waals surface area contributed by atoms with Crippen LogP contribution >= 0.6 is 0 Å². The second-order valence-corrected chi connectivity index (χ2v) is 4.93. The molecule has 0 aliphatic heterocycles. The van der Waals surface area contributed by atoms with Crippen molar-refractivity contribution < 1.29 is 0 Å². The first-order valence-corrected chi connectivity index (χ1v) is 6.30. The van der Waals surface area contributed by atoms with Gasteiger partial charge in [-0.05, 0) is 48.2 Å². The maximum Gasteiger partial charge on any atom is -0.0172 e. The lowest BCUT2D eigenvalue weighted by molar-refractivity contribution is 1.47. The van der Waals surface area contributed by atoms with E-state index >= 15 is 0 Å². The predicted molar refractivity (Wildman–Crippen MR) is 78.0 cm³/mol. The largest absolute Gasteiger partial charge is 0.0587 e. The molecule has 1 aromatic carbocycles. The first-order valence-electron chi connectivity index (χ1n) is 6.30. The summed E-state index contributed by atoms with van der Waals surface area (Å²) in [4.78, 5) is 0. The van der Waals surface area contributed by atoms with Gasteiger partial charge in [0.1, 0.15) is 0 Å². The van der Waals surface area contributed by atoms with Crippen LogP contribution in [0.25, 0.3) is 22.3 Å². The van der Waals surface area contributed by atoms with Crippen LogP contribution < -0.4 is 0 Å². The minimum absolute atomic E-state index is 1.29. The van der Waals surface area contributed by atoms with Crippen molar-refractivity contribution in [2.45, 2.75) is 13.8 Å².